The number of hydrogen-bond donors (Lipinski definition) is 2. The van der Waals surface area contributed by atoms with E-state index in [2.05, 4.69) is 16.4 Å². The number of nitrogens with one attached hydrogen (secondary N) is 2. The summed E-state index contributed by atoms with van der Waals surface area (Å²) in [5.74, 6) is -0.563. The summed E-state index contributed by atoms with van der Waals surface area (Å²) >= 11 is 0. The molecule has 2 N–H and O–H groups in total. The lowest BCUT2D eigenvalue weighted by molar-refractivity contribution is -0.115. The largest absolute Gasteiger partial charge is 0.465 e. The van der Waals surface area contributed by atoms with E-state index in [0.717, 1.165) is 27.7 Å². The highest BCUT2D eigenvalue weighted by Gasteiger charge is 2.13. The predicted molar refractivity (Wildman–Crippen MR) is 97.9 cm³/mol. The number of aromatic nitrogens is 1. The van der Waals surface area contributed by atoms with Gasteiger partial charge in [0, 0.05) is 22.3 Å². The summed E-state index contributed by atoms with van der Waals surface area (Å²) < 4.78 is 4.70. The molecule has 0 spiro atoms. The average molecular weight is 336 g/mol. The maximum absolute atomic E-state index is 12.5. The Hall–Kier alpha value is -3.08. The fraction of sp³-hybridized carbons (Fsp3) is 0.200. The Morgan fingerprint density at radius 2 is 1.92 bits per heavy atom. The molecule has 2 aromatic carbocycles. The molecular formula is C20H20N2O3. The second-order valence-electron chi connectivity index (χ2n) is 6.07. The van der Waals surface area contributed by atoms with E-state index in [4.69, 9.17) is 4.74 Å². The highest BCUT2D eigenvalue weighted by atomic mass is 16.5. The number of carbonyl (C=O) groups is 2. The Kier molecular flexibility index (Phi) is 4.57. The van der Waals surface area contributed by atoms with Gasteiger partial charge in [-0.1, -0.05) is 17.7 Å². The van der Waals surface area contributed by atoms with Gasteiger partial charge in [-0.05, 0) is 49.7 Å². The summed E-state index contributed by atoms with van der Waals surface area (Å²) in [5, 5.41) is 3.91. The fourth-order valence-electron chi connectivity index (χ4n) is 2.93. The van der Waals surface area contributed by atoms with Crippen LogP contribution in [-0.2, 0) is 16.0 Å². The highest BCUT2D eigenvalue weighted by Crippen LogP contribution is 2.24. The van der Waals surface area contributed by atoms with E-state index in [9.17, 15) is 9.59 Å². The lowest BCUT2D eigenvalue weighted by atomic mass is 10.1. The van der Waals surface area contributed by atoms with Crippen LogP contribution in [0.2, 0.25) is 0 Å². The predicted octanol–water partition coefficient (Wildman–Crippen LogP) is 3.75. The van der Waals surface area contributed by atoms with Gasteiger partial charge in [-0.2, -0.15) is 0 Å². The summed E-state index contributed by atoms with van der Waals surface area (Å²) in [6.07, 6.45) is 0.262. The molecule has 128 valence electrons. The third-order valence-electron chi connectivity index (χ3n) is 4.18. The monoisotopic (exact) mass is 336 g/mol. The molecule has 1 amide bonds. The summed E-state index contributed by atoms with van der Waals surface area (Å²) in [7, 11) is 1.33. The first kappa shape index (κ1) is 16.8. The van der Waals surface area contributed by atoms with E-state index in [-0.39, 0.29) is 12.3 Å². The van der Waals surface area contributed by atoms with Crippen LogP contribution in [0.4, 0.5) is 5.69 Å². The molecule has 0 radical (unpaired) electrons. The van der Waals surface area contributed by atoms with E-state index < -0.39 is 5.97 Å². The van der Waals surface area contributed by atoms with Crippen molar-refractivity contribution < 1.29 is 14.3 Å². The number of methoxy groups -OCH3 is 1. The van der Waals surface area contributed by atoms with Gasteiger partial charge < -0.3 is 15.0 Å². The van der Waals surface area contributed by atoms with Crippen molar-refractivity contribution in [2.75, 3.05) is 12.4 Å². The molecule has 0 fully saturated rings. The van der Waals surface area contributed by atoms with Crippen molar-refractivity contribution in [2.45, 2.75) is 20.3 Å². The van der Waals surface area contributed by atoms with Crippen molar-refractivity contribution in [1.82, 2.24) is 4.98 Å². The van der Waals surface area contributed by atoms with E-state index in [1.807, 2.05) is 26.0 Å². The van der Waals surface area contributed by atoms with Gasteiger partial charge >= 0.3 is 5.97 Å². The Morgan fingerprint density at radius 1 is 1.12 bits per heavy atom. The Morgan fingerprint density at radius 3 is 2.68 bits per heavy atom. The number of aromatic amines is 1. The smallest absolute Gasteiger partial charge is 0.337 e. The van der Waals surface area contributed by atoms with E-state index in [0.29, 0.717) is 11.3 Å². The second-order valence-corrected chi connectivity index (χ2v) is 6.07. The standard InChI is InChI=1S/C20H20N2O3/c1-12-7-8-18-17(9-12)16(13(2)21-18)11-19(23)22-15-6-4-5-14(10-15)20(24)25-3/h4-10,21H,11H2,1-3H3,(H,22,23). The number of anilines is 1. The molecule has 0 aliphatic carbocycles. The minimum Gasteiger partial charge on any atom is -0.465 e. The Labute approximate surface area is 146 Å². The minimum absolute atomic E-state index is 0.132. The fourth-order valence-corrected chi connectivity index (χ4v) is 2.93. The summed E-state index contributed by atoms with van der Waals surface area (Å²) in [4.78, 5) is 27.4. The van der Waals surface area contributed by atoms with Crippen LogP contribution in [-0.4, -0.2) is 24.0 Å². The van der Waals surface area contributed by atoms with E-state index in [1.165, 1.54) is 7.11 Å². The molecule has 1 aromatic heterocycles. The van der Waals surface area contributed by atoms with Crippen LogP contribution in [0.15, 0.2) is 42.5 Å². The van der Waals surface area contributed by atoms with Crippen LogP contribution in [0.3, 0.4) is 0 Å². The molecule has 0 saturated heterocycles. The SMILES string of the molecule is COC(=O)c1cccc(NC(=O)Cc2c(C)[nH]c3ccc(C)cc23)c1. The van der Waals surface area contributed by atoms with Gasteiger partial charge in [0.1, 0.15) is 0 Å². The number of rotatable bonds is 4. The van der Waals surface area contributed by atoms with Crippen molar-refractivity contribution in [3.05, 3.63) is 64.8 Å². The number of esters is 1. The van der Waals surface area contributed by atoms with Gasteiger partial charge in [-0.15, -0.1) is 0 Å². The van der Waals surface area contributed by atoms with Crippen molar-refractivity contribution in [3.63, 3.8) is 0 Å². The normalized spacial score (nSPS) is 10.7. The van der Waals surface area contributed by atoms with Crippen LogP contribution in [0.1, 0.15) is 27.2 Å². The number of H-pyrrole nitrogens is 1. The minimum atomic E-state index is -0.431. The second kappa shape index (κ2) is 6.81. The van der Waals surface area contributed by atoms with E-state index in [1.54, 1.807) is 24.3 Å². The molecule has 0 aliphatic heterocycles. The first-order chi connectivity index (χ1) is 12.0. The Bertz CT molecular complexity index is 957. The third-order valence-corrected chi connectivity index (χ3v) is 4.18. The summed E-state index contributed by atoms with van der Waals surface area (Å²) in [5.41, 5.74) is 5.12. The number of ether oxygens (including phenoxy) is 1. The van der Waals surface area contributed by atoms with Crippen LogP contribution < -0.4 is 5.32 Å². The zero-order chi connectivity index (χ0) is 18.0. The first-order valence-corrected chi connectivity index (χ1v) is 8.04. The van der Waals surface area contributed by atoms with Crippen molar-refractivity contribution in [1.29, 1.82) is 0 Å². The molecule has 0 aliphatic rings. The molecule has 1 heterocycles. The first-order valence-electron chi connectivity index (χ1n) is 8.04. The Balaban J connectivity index is 1.81. The number of amides is 1. The molecule has 25 heavy (non-hydrogen) atoms. The van der Waals surface area contributed by atoms with E-state index >= 15 is 0 Å². The maximum Gasteiger partial charge on any atom is 0.337 e. The number of fused-ring (bicyclic) bond motifs is 1. The molecular weight excluding hydrogens is 316 g/mol. The zero-order valence-electron chi connectivity index (χ0n) is 14.5. The average Bonchev–Trinajstić information content (AvgIpc) is 2.89. The molecule has 0 bridgehead atoms. The van der Waals surface area contributed by atoms with Gasteiger partial charge in [-0.25, -0.2) is 4.79 Å². The van der Waals surface area contributed by atoms with Crippen LogP contribution >= 0.6 is 0 Å². The lowest BCUT2D eigenvalue weighted by Crippen LogP contribution is -2.15. The molecule has 3 rings (SSSR count). The number of benzene rings is 2. The topological polar surface area (TPSA) is 71.2 Å². The third kappa shape index (κ3) is 3.55. The van der Waals surface area contributed by atoms with Gasteiger partial charge in [0.15, 0.2) is 0 Å². The summed E-state index contributed by atoms with van der Waals surface area (Å²) in [6, 6.07) is 12.9. The number of aryl methyl sites for hydroxylation is 2. The zero-order valence-corrected chi connectivity index (χ0v) is 14.5. The van der Waals surface area contributed by atoms with Crippen molar-refractivity contribution >= 4 is 28.5 Å². The molecule has 0 unspecified atom stereocenters. The van der Waals surface area contributed by atoms with Gasteiger partial charge in [0.05, 0.1) is 19.1 Å². The van der Waals surface area contributed by atoms with Gasteiger partial charge in [0.2, 0.25) is 5.91 Å². The van der Waals surface area contributed by atoms with Crippen molar-refractivity contribution in [2.24, 2.45) is 0 Å². The maximum atomic E-state index is 12.5. The molecule has 5 nitrogen and oxygen atoms in total. The number of hydrogen-bond acceptors (Lipinski definition) is 3. The quantitative estimate of drug-likeness (QED) is 0.713. The lowest BCUT2D eigenvalue weighted by Gasteiger charge is -2.07. The summed E-state index contributed by atoms with van der Waals surface area (Å²) in [6.45, 7) is 4.00. The van der Waals surface area contributed by atoms with Crippen molar-refractivity contribution in [3.8, 4) is 0 Å². The highest BCUT2D eigenvalue weighted by molar-refractivity contribution is 5.98. The molecule has 3 aromatic rings. The van der Waals surface area contributed by atoms with Crippen LogP contribution in [0.25, 0.3) is 10.9 Å². The molecule has 0 saturated carbocycles. The van der Waals surface area contributed by atoms with Gasteiger partial charge in [-0.3, -0.25) is 4.79 Å². The van der Waals surface area contributed by atoms with Crippen LogP contribution in [0.5, 0.6) is 0 Å². The molecule has 0 atom stereocenters. The van der Waals surface area contributed by atoms with Gasteiger partial charge in [0.25, 0.3) is 0 Å². The van der Waals surface area contributed by atoms with Crippen LogP contribution in [0, 0.1) is 13.8 Å². The molecule has 5 heteroatoms. The number of carbonyl (C=O) groups excluding carboxylic acids is 2.